The molecule has 3 aromatic rings. The normalized spacial score (nSPS) is 18.4. The summed E-state index contributed by atoms with van der Waals surface area (Å²) in [5.74, 6) is -0.346. The maximum Gasteiger partial charge on any atom is 0.344 e. The van der Waals surface area contributed by atoms with E-state index in [1.807, 2.05) is 55.6 Å². The zero-order valence-electron chi connectivity index (χ0n) is 17.8. The standard InChI is InChI=1S/C23H24N6O2/c1-4-5-14-29(3)21(20(23(30)31)15(2)26-29)17-12-10-16(11-13-17)18-8-6-7-9-19(18)22-24-27-28-25-22/h6-13H,4-5,14H2,1-3H3,(H-,24,25,26,27,28,30,31)/p+1. The van der Waals surface area contributed by atoms with E-state index in [0.717, 1.165) is 47.3 Å². The van der Waals surface area contributed by atoms with Gasteiger partial charge in [-0.15, -0.1) is 5.10 Å². The number of tetrazole rings is 1. The minimum Gasteiger partial charge on any atom is -0.477 e. The SMILES string of the molecule is CCCC[N+]1(C)N=C(C)C(C(=O)O)=C1c1ccc(-c2ccccc2-c2nnn[nH]2)cc1. The van der Waals surface area contributed by atoms with Crippen LogP contribution in [0.1, 0.15) is 32.3 Å². The van der Waals surface area contributed by atoms with Gasteiger partial charge in [-0.3, -0.25) is 0 Å². The van der Waals surface area contributed by atoms with E-state index in [-0.39, 0.29) is 4.59 Å². The Morgan fingerprint density at radius 3 is 2.35 bits per heavy atom. The lowest BCUT2D eigenvalue weighted by Gasteiger charge is -2.27. The molecule has 8 heteroatoms. The van der Waals surface area contributed by atoms with Gasteiger partial charge in [0.1, 0.15) is 17.8 Å². The molecule has 2 aromatic carbocycles. The predicted octanol–water partition coefficient (Wildman–Crippen LogP) is 3.97. The van der Waals surface area contributed by atoms with Gasteiger partial charge < -0.3 is 5.11 Å². The number of unbranched alkanes of at least 4 members (excludes halogenated alkanes) is 1. The van der Waals surface area contributed by atoms with E-state index < -0.39 is 5.97 Å². The molecule has 0 fully saturated rings. The van der Waals surface area contributed by atoms with E-state index in [2.05, 4.69) is 27.5 Å². The molecule has 1 aromatic heterocycles. The average Bonchev–Trinajstić information content (AvgIpc) is 3.39. The largest absolute Gasteiger partial charge is 0.477 e. The van der Waals surface area contributed by atoms with Crippen LogP contribution in [0.4, 0.5) is 0 Å². The zero-order valence-corrected chi connectivity index (χ0v) is 17.8. The number of carboxylic acids is 1. The number of aromatic nitrogens is 4. The Kier molecular flexibility index (Phi) is 5.48. The van der Waals surface area contributed by atoms with E-state index in [1.54, 1.807) is 6.92 Å². The fraction of sp³-hybridized carbons (Fsp3) is 0.261. The van der Waals surface area contributed by atoms with Gasteiger partial charge in [0.05, 0.1) is 7.05 Å². The van der Waals surface area contributed by atoms with Crippen molar-refractivity contribution in [3.05, 3.63) is 59.7 Å². The molecular formula is C23H25N6O2+. The average molecular weight is 417 g/mol. The number of hydrogen-bond donors (Lipinski definition) is 2. The summed E-state index contributed by atoms with van der Waals surface area (Å²) in [7, 11) is 1.98. The summed E-state index contributed by atoms with van der Waals surface area (Å²) in [6.45, 7) is 4.65. The van der Waals surface area contributed by atoms with Gasteiger partial charge in [0.2, 0.25) is 0 Å². The van der Waals surface area contributed by atoms with Crippen molar-refractivity contribution in [2.45, 2.75) is 26.7 Å². The number of carboxylic acid groups (broad SMARTS) is 1. The second-order valence-electron chi connectivity index (χ2n) is 7.80. The summed E-state index contributed by atoms with van der Waals surface area (Å²) < 4.78 is 0.251. The van der Waals surface area contributed by atoms with Crippen molar-refractivity contribution in [2.24, 2.45) is 5.10 Å². The van der Waals surface area contributed by atoms with Crippen LogP contribution < -0.4 is 0 Å². The molecule has 1 aliphatic heterocycles. The number of benzene rings is 2. The van der Waals surface area contributed by atoms with Crippen LogP contribution in [0.3, 0.4) is 0 Å². The molecule has 0 spiro atoms. The summed E-state index contributed by atoms with van der Waals surface area (Å²) >= 11 is 0. The van der Waals surface area contributed by atoms with Crippen LogP contribution in [0, 0.1) is 0 Å². The van der Waals surface area contributed by atoms with Crippen molar-refractivity contribution in [1.29, 1.82) is 0 Å². The topological polar surface area (TPSA) is 104 Å². The number of rotatable bonds is 7. The van der Waals surface area contributed by atoms with E-state index in [4.69, 9.17) is 5.10 Å². The highest BCUT2D eigenvalue weighted by Crippen LogP contribution is 2.38. The molecule has 158 valence electrons. The first-order valence-corrected chi connectivity index (χ1v) is 10.3. The van der Waals surface area contributed by atoms with Crippen LogP contribution in [0.25, 0.3) is 28.2 Å². The minimum atomic E-state index is -0.943. The molecule has 0 saturated carbocycles. The van der Waals surface area contributed by atoms with Crippen molar-refractivity contribution in [3.8, 4) is 22.5 Å². The zero-order chi connectivity index (χ0) is 22.0. The van der Waals surface area contributed by atoms with Gasteiger partial charge in [0.25, 0.3) is 0 Å². The molecule has 1 atom stereocenters. The predicted molar refractivity (Wildman–Crippen MR) is 119 cm³/mol. The Morgan fingerprint density at radius 2 is 1.74 bits per heavy atom. The van der Waals surface area contributed by atoms with Crippen LogP contribution in [0.2, 0.25) is 0 Å². The molecule has 2 heterocycles. The van der Waals surface area contributed by atoms with Crippen LogP contribution in [-0.4, -0.2) is 55.6 Å². The Balaban J connectivity index is 1.77. The van der Waals surface area contributed by atoms with Gasteiger partial charge in [0.15, 0.2) is 11.5 Å². The van der Waals surface area contributed by atoms with Crippen LogP contribution in [0.5, 0.6) is 0 Å². The van der Waals surface area contributed by atoms with Gasteiger partial charge in [-0.05, 0) is 47.0 Å². The molecule has 1 aliphatic rings. The van der Waals surface area contributed by atoms with E-state index in [1.165, 1.54) is 0 Å². The van der Waals surface area contributed by atoms with Gasteiger partial charge in [-0.2, -0.15) is 4.59 Å². The van der Waals surface area contributed by atoms with E-state index in [0.29, 0.717) is 17.1 Å². The van der Waals surface area contributed by atoms with Crippen LogP contribution >= 0.6 is 0 Å². The molecule has 4 rings (SSSR count). The van der Waals surface area contributed by atoms with Gasteiger partial charge >= 0.3 is 5.97 Å². The smallest absolute Gasteiger partial charge is 0.344 e. The lowest BCUT2D eigenvalue weighted by molar-refractivity contribution is -0.844. The summed E-state index contributed by atoms with van der Waals surface area (Å²) in [5, 5.41) is 28.8. The molecular weight excluding hydrogens is 392 g/mol. The fourth-order valence-electron chi connectivity index (χ4n) is 4.17. The summed E-state index contributed by atoms with van der Waals surface area (Å²) in [6.07, 6.45) is 1.98. The lowest BCUT2D eigenvalue weighted by Crippen LogP contribution is -2.36. The number of carbonyl (C=O) groups is 1. The number of aromatic amines is 1. The number of nitrogens with one attached hydrogen (secondary N) is 1. The van der Waals surface area contributed by atoms with Crippen molar-refractivity contribution < 1.29 is 14.5 Å². The van der Waals surface area contributed by atoms with E-state index >= 15 is 0 Å². The summed E-state index contributed by atoms with van der Waals surface area (Å²) in [4.78, 5) is 12.1. The highest BCUT2D eigenvalue weighted by molar-refractivity contribution is 6.23. The van der Waals surface area contributed by atoms with Crippen LogP contribution in [0.15, 0.2) is 59.2 Å². The first-order chi connectivity index (χ1) is 14.9. The number of quaternary nitrogens is 1. The Hall–Kier alpha value is -3.65. The quantitative estimate of drug-likeness (QED) is 0.566. The molecule has 0 radical (unpaired) electrons. The van der Waals surface area contributed by atoms with Crippen molar-refractivity contribution in [3.63, 3.8) is 0 Å². The number of H-pyrrole nitrogens is 1. The number of hydrogen-bond acceptors (Lipinski definition) is 5. The maximum atomic E-state index is 12.1. The van der Waals surface area contributed by atoms with Crippen molar-refractivity contribution >= 4 is 17.4 Å². The van der Waals surface area contributed by atoms with Gasteiger partial charge in [0, 0.05) is 11.1 Å². The molecule has 0 bridgehead atoms. The minimum absolute atomic E-state index is 0.251. The van der Waals surface area contributed by atoms with Gasteiger partial charge in [-0.1, -0.05) is 54.8 Å². The first kappa shape index (κ1) is 20.6. The first-order valence-electron chi connectivity index (χ1n) is 10.3. The third-order valence-corrected chi connectivity index (χ3v) is 5.61. The summed E-state index contributed by atoms with van der Waals surface area (Å²) in [6, 6.07) is 15.8. The second kappa shape index (κ2) is 8.23. The van der Waals surface area contributed by atoms with Crippen molar-refractivity contribution in [2.75, 3.05) is 13.6 Å². The molecule has 0 saturated heterocycles. The number of nitrogens with zero attached hydrogens (tertiary/aromatic N) is 5. The molecule has 1 unspecified atom stereocenters. The van der Waals surface area contributed by atoms with E-state index in [9.17, 15) is 9.90 Å². The monoisotopic (exact) mass is 417 g/mol. The van der Waals surface area contributed by atoms with Crippen LogP contribution in [-0.2, 0) is 4.79 Å². The Labute approximate surface area is 180 Å². The van der Waals surface area contributed by atoms with Gasteiger partial charge in [-0.25, -0.2) is 9.89 Å². The summed E-state index contributed by atoms with van der Waals surface area (Å²) in [5.41, 5.74) is 5.33. The molecule has 31 heavy (non-hydrogen) atoms. The molecule has 8 nitrogen and oxygen atoms in total. The lowest BCUT2D eigenvalue weighted by atomic mass is 9.96. The Bertz CT molecular complexity index is 1170. The second-order valence-corrected chi connectivity index (χ2v) is 7.80. The molecule has 0 amide bonds. The Morgan fingerprint density at radius 1 is 1.06 bits per heavy atom. The third kappa shape index (κ3) is 3.77. The highest BCUT2D eigenvalue weighted by Gasteiger charge is 2.42. The van der Waals surface area contributed by atoms with Crippen molar-refractivity contribution in [1.82, 2.24) is 20.6 Å². The number of aliphatic carboxylic acids is 1. The maximum absolute atomic E-state index is 12.1. The fourth-order valence-corrected chi connectivity index (χ4v) is 4.17. The third-order valence-electron chi connectivity index (χ3n) is 5.61. The highest BCUT2D eigenvalue weighted by atomic mass is 16.4. The molecule has 0 aliphatic carbocycles. The molecule has 2 N–H and O–H groups in total.